The van der Waals surface area contributed by atoms with Gasteiger partial charge in [0.1, 0.15) is 11.1 Å². The van der Waals surface area contributed by atoms with Gasteiger partial charge >= 0.3 is 5.97 Å². The van der Waals surface area contributed by atoms with Crippen molar-refractivity contribution in [1.29, 1.82) is 0 Å². The van der Waals surface area contributed by atoms with Crippen molar-refractivity contribution in [2.45, 2.75) is 22.7 Å². The van der Waals surface area contributed by atoms with Crippen LogP contribution in [0.5, 0.6) is 0 Å². The summed E-state index contributed by atoms with van der Waals surface area (Å²) in [4.78, 5) is 38.1. The number of fused-ring (bicyclic) bond motifs is 1. The summed E-state index contributed by atoms with van der Waals surface area (Å²) < 4.78 is 1.65. The molecule has 12 nitrogen and oxygen atoms in total. The molecule has 14 heteroatoms. The fourth-order valence-electron chi connectivity index (χ4n) is 2.87. The number of nitrogens with two attached hydrogens (primary N) is 1. The van der Waals surface area contributed by atoms with Crippen LogP contribution in [-0.4, -0.2) is 96.6 Å². The third-order valence-electron chi connectivity index (χ3n) is 4.32. The van der Waals surface area contributed by atoms with Gasteiger partial charge in [-0.05, 0) is 30.1 Å². The van der Waals surface area contributed by atoms with Crippen LogP contribution in [0.3, 0.4) is 0 Å². The van der Waals surface area contributed by atoms with E-state index in [0.717, 1.165) is 11.4 Å². The maximum atomic E-state index is 12.4. The number of nitrogens with zero attached hydrogens (tertiary/aromatic N) is 6. The molecule has 2 amide bonds. The molecule has 3 heterocycles. The first-order valence-corrected chi connectivity index (χ1v) is 10.3. The van der Waals surface area contributed by atoms with Crippen molar-refractivity contribution in [1.82, 2.24) is 35.3 Å². The molecule has 0 bridgehead atoms. The number of likely N-dealkylation sites (N-methyl/N-ethyl adjacent to an activating group) is 1. The standard InChI is InChI=1S/C14H20N8O4S2/c1-20(2)3-4-21-13(17-18-19-21)28-6-8-5-27-12-14(15,16-7-23)11(26)22(12)9(8)10(24)25/h7,12H,3-6,15H2,1-2H3,(H,16,23)(H,24,25)/t12-,14-/m0/s1. The van der Waals surface area contributed by atoms with E-state index in [0.29, 0.717) is 35.2 Å². The number of thioether (sulfide) groups is 2. The minimum Gasteiger partial charge on any atom is -0.477 e. The predicted molar refractivity (Wildman–Crippen MR) is 101 cm³/mol. The van der Waals surface area contributed by atoms with Crippen molar-refractivity contribution < 1.29 is 19.5 Å². The van der Waals surface area contributed by atoms with E-state index >= 15 is 0 Å². The summed E-state index contributed by atoms with van der Waals surface area (Å²) in [7, 11) is 3.88. The minimum absolute atomic E-state index is 0.0951. The van der Waals surface area contributed by atoms with Gasteiger partial charge in [-0.25, -0.2) is 9.48 Å². The Bertz CT molecular complexity index is 828. The van der Waals surface area contributed by atoms with E-state index in [2.05, 4.69) is 20.8 Å². The van der Waals surface area contributed by atoms with Gasteiger partial charge in [-0.3, -0.25) is 20.2 Å². The van der Waals surface area contributed by atoms with Crippen LogP contribution in [-0.2, 0) is 20.9 Å². The maximum Gasteiger partial charge on any atom is 0.352 e. The van der Waals surface area contributed by atoms with E-state index in [1.165, 1.54) is 23.5 Å². The summed E-state index contributed by atoms with van der Waals surface area (Å²) in [5.41, 5.74) is 4.83. The highest BCUT2D eigenvalue weighted by atomic mass is 32.2. The van der Waals surface area contributed by atoms with E-state index in [4.69, 9.17) is 5.73 Å². The van der Waals surface area contributed by atoms with Crippen LogP contribution in [0.4, 0.5) is 0 Å². The largest absolute Gasteiger partial charge is 0.477 e. The summed E-state index contributed by atoms with van der Waals surface area (Å²) in [5, 5.41) is 23.5. The molecule has 2 aliphatic rings. The normalized spacial score (nSPS) is 24.2. The van der Waals surface area contributed by atoms with Gasteiger partial charge in [-0.1, -0.05) is 11.8 Å². The van der Waals surface area contributed by atoms with Gasteiger partial charge < -0.3 is 15.3 Å². The second kappa shape index (κ2) is 8.06. The highest BCUT2D eigenvalue weighted by molar-refractivity contribution is 8.01. The number of hydrogen-bond acceptors (Lipinski definition) is 10. The zero-order chi connectivity index (χ0) is 20.5. The molecule has 1 aromatic rings. The van der Waals surface area contributed by atoms with Crippen molar-refractivity contribution in [2.75, 3.05) is 32.1 Å². The Morgan fingerprint density at radius 1 is 1.57 bits per heavy atom. The molecule has 0 unspecified atom stereocenters. The van der Waals surface area contributed by atoms with Gasteiger partial charge in [0.05, 0.1) is 6.54 Å². The molecule has 1 aromatic heterocycles. The van der Waals surface area contributed by atoms with Crippen LogP contribution in [0.1, 0.15) is 0 Å². The SMILES string of the molecule is CN(C)CCn1nnnc1SCC1=C(C(=O)O)N2C(=O)[C@](N)(NC=O)[C@@H]2SC1. The monoisotopic (exact) mass is 428 g/mol. The zero-order valence-corrected chi connectivity index (χ0v) is 16.9. The molecule has 1 fully saturated rings. The summed E-state index contributed by atoms with van der Waals surface area (Å²) >= 11 is 2.61. The van der Waals surface area contributed by atoms with Crippen LogP contribution in [0.2, 0.25) is 0 Å². The first-order valence-electron chi connectivity index (χ1n) is 8.24. The van der Waals surface area contributed by atoms with Crippen LogP contribution in [0, 0.1) is 0 Å². The lowest BCUT2D eigenvalue weighted by molar-refractivity contribution is -0.157. The molecule has 3 rings (SSSR count). The summed E-state index contributed by atoms with van der Waals surface area (Å²) in [6, 6.07) is 0. The summed E-state index contributed by atoms with van der Waals surface area (Å²) in [5.74, 6) is -1.18. The van der Waals surface area contributed by atoms with Crippen molar-refractivity contribution in [3.8, 4) is 0 Å². The Hall–Kier alpha value is -2.16. The lowest BCUT2D eigenvalue weighted by Crippen LogP contribution is -2.83. The molecule has 0 aliphatic carbocycles. The maximum absolute atomic E-state index is 12.4. The number of hydrogen-bond donors (Lipinski definition) is 3. The highest BCUT2D eigenvalue weighted by Crippen LogP contribution is 2.44. The molecule has 1 saturated heterocycles. The number of β-lactam (4-membered cyclic amide) rings is 1. The van der Waals surface area contributed by atoms with Gasteiger partial charge in [0.15, 0.2) is 0 Å². The van der Waals surface area contributed by atoms with Crippen LogP contribution >= 0.6 is 23.5 Å². The molecule has 0 spiro atoms. The number of rotatable bonds is 9. The number of aliphatic carboxylic acids is 1. The second-order valence-corrected chi connectivity index (χ2v) is 8.51. The third kappa shape index (κ3) is 3.59. The topological polar surface area (TPSA) is 160 Å². The average molecular weight is 429 g/mol. The average Bonchev–Trinajstić information content (AvgIpc) is 3.10. The minimum atomic E-state index is -1.58. The number of tetrazole rings is 1. The van der Waals surface area contributed by atoms with E-state index < -0.39 is 22.9 Å². The predicted octanol–water partition coefficient (Wildman–Crippen LogP) is -2.02. The van der Waals surface area contributed by atoms with Crippen LogP contribution < -0.4 is 11.1 Å². The van der Waals surface area contributed by atoms with Crippen molar-refractivity contribution in [3.05, 3.63) is 11.3 Å². The number of carbonyl (C=O) groups excluding carboxylic acids is 2. The Morgan fingerprint density at radius 3 is 2.96 bits per heavy atom. The quantitative estimate of drug-likeness (QED) is 0.172. The van der Waals surface area contributed by atoms with Gasteiger partial charge in [0.2, 0.25) is 17.2 Å². The van der Waals surface area contributed by atoms with Gasteiger partial charge in [0.25, 0.3) is 5.91 Å². The Morgan fingerprint density at radius 2 is 2.32 bits per heavy atom. The molecule has 2 atom stereocenters. The Labute approximate surface area is 168 Å². The zero-order valence-electron chi connectivity index (χ0n) is 15.2. The molecular formula is C14H20N8O4S2. The Balaban J connectivity index is 1.76. The van der Waals surface area contributed by atoms with E-state index in [-0.39, 0.29) is 5.70 Å². The van der Waals surface area contributed by atoms with E-state index in [1.54, 1.807) is 4.68 Å². The number of nitrogens with one attached hydrogen (secondary N) is 1. The summed E-state index contributed by atoms with van der Waals surface area (Å²) in [6.45, 7) is 1.35. The van der Waals surface area contributed by atoms with Gasteiger partial charge in [-0.2, -0.15) is 0 Å². The molecule has 0 saturated carbocycles. The van der Waals surface area contributed by atoms with Gasteiger partial charge in [0, 0.05) is 18.1 Å². The molecule has 28 heavy (non-hydrogen) atoms. The number of carbonyl (C=O) groups is 3. The first kappa shape index (κ1) is 20.6. The number of amides is 2. The number of carboxylic acid groups (broad SMARTS) is 1. The lowest BCUT2D eigenvalue weighted by atomic mass is 9.97. The van der Waals surface area contributed by atoms with E-state index in [9.17, 15) is 19.5 Å². The smallest absolute Gasteiger partial charge is 0.352 e. The van der Waals surface area contributed by atoms with E-state index in [1.807, 2.05) is 19.0 Å². The molecular weight excluding hydrogens is 408 g/mol. The highest BCUT2D eigenvalue weighted by Gasteiger charge is 2.62. The fourth-order valence-corrected chi connectivity index (χ4v) is 5.30. The first-order chi connectivity index (χ1) is 13.3. The molecule has 152 valence electrons. The molecule has 0 radical (unpaired) electrons. The fraction of sp³-hybridized carbons (Fsp3) is 0.571. The lowest BCUT2D eigenvalue weighted by Gasteiger charge is -2.54. The Kier molecular flexibility index (Phi) is 5.92. The van der Waals surface area contributed by atoms with Crippen LogP contribution in [0.25, 0.3) is 0 Å². The van der Waals surface area contributed by atoms with Crippen molar-refractivity contribution >= 4 is 41.8 Å². The number of carboxylic acids is 1. The second-order valence-electron chi connectivity index (χ2n) is 6.50. The molecule has 0 aromatic carbocycles. The third-order valence-corrected chi connectivity index (χ3v) is 6.78. The number of aromatic nitrogens is 4. The molecule has 4 N–H and O–H groups in total. The van der Waals surface area contributed by atoms with Crippen molar-refractivity contribution in [3.63, 3.8) is 0 Å². The van der Waals surface area contributed by atoms with Crippen molar-refractivity contribution in [2.24, 2.45) is 5.73 Å². The molecule has 2 aliphatic heterocycles. The van der Waals surface area contributed by atoms with Gasteiger partial charge in [-0.15, -0.1) is 16.9 Å². The summed E-state index contributed by atoms with van der Waals surface area (Å²) in [6.07, 6.45) is 0.346. The van der Waals surface area contributed by atoms with Crippen LogP contribution in [0.15, 0.2) is 16.4 Å².